The number of nitrogens with zero attached hydrogens (tertiary/aromatic N) is 1. The van der Waals surface area contributed by atoms with Crippen molar-refractivity contribution in [2.75, 3.05) is 0 Å². The second-order valence-corrected chi connectivity index (χ2v) is 3.65. The third-order valence-corrected chi connectivity index (χ3v) is 2.36. The lowest BCUT2D eigenvalue weighted by molar-refractivity contribution is -0.119. The van der Waals surface area contributed by atoms with E-state index in [0.29, 0.717) is 5.56 Å². The van der Waals surface area contributed by atoms with Crippen molar-refractivity contribution < 1.29 is 9.18 Å². The molecule has 1 rings (SSSR count). The third-order valence-electron chi connectivity index (χ3n) is 2.02. The van der Waals surface area contributed by atoms with Gasteiger partial charge >= 0.3 is 0 Å². The van der Waals surface area contributed by atoms with Crippen LogP contribution < -0.4 is 5.32 Å². The molecule has 1 aromatic heterocycles. The molecule has 0 spiro atoms. The van der Waals surface area contributed by atoms with Crippen molar-refractivity contribution in [3.63, 3.8) is 0 Å². The summed E-state index contributed by atoms with van der Waals surface area (Å²) in [5.74, 6) is -0.947. The molecule has 0 aliphatic heterocycles. The molecule has 90 valence electrons. The zero-order chi connectivity index (χ0) is 12.8. The second kappa shape index (κ2) is 6.15. The second-order valence-electron chi connectivity index (χ2n) is 3.29. The molecule has 0 atom stereocenters. The number of nitrogens with one attached hydrogen (secondary N) is 1. The predicted molar refractivity (Wildman–Crippen MR) is 65.1 cm³/mol. The highest BCUT2D eigenvalue weighted by molar-refractivity contribution is 6.30. The zero-order valence-corrected chi connectivity index (χ0v) is 10.1. The lowest BCUT2D eigenvalue weighted by atomic mass is 10.2. The standard InChI is InChI=1S/C12H12ClFN2O/c1-3-10(14)8(2)16-11(17)7-9-5-4-6-15-12(9)13/h3-6H,2,7H2,1H3,(H,16,17)/b10-3+. The number of pyridine rings is 1. The molecule has 0 aliphatic carbocycles. The van der Waals surface area contributed by atoms with Crippen molar-refractivity contribution in [3.8, 4) is 0 Å². The van der Waals surface area contributed by atoms with Crippen molar-refractivity contribution in [3.05, 3.63) is 53.2 Å². The van der Waals surface area contributed by atoms with E-state index < -0.39 is 5.83 Å². The smallest absolute Gasteiger partial charge is 0.228 e. The van der Waals surface area contributed by atoms with Gasteiger partial charge < -0.3 is 5.32 Å². The molecule has 1 N–H and O–H groups in total. The van der Waals surface area contributed by atoms with E-state index in [9.17, 15) is 9.18 Å². The van der Waals surface area contributed by atoms with Gasteiger partial charge in [0.2, 0.25) is 5.91 Å². The molecule has 17 heavy (non-hydrogen) atoms. The number of hydrogen-bond donors (Lipinski definition) is 1. The van der Waals surface area contributed by atoms with E-state index in [0.717, 1.165) is 0 Å². The summed E-state index contributed by atoms with van der Waals surface area (Å²) >= 11 is 5.80. The Morgan fingerprint density at radius 1 is 1.71 bits per heavy atom. The quantitative estimate of drug-likeness (QED) is 0.663. The van der Waals surface area contributed by atoms with Crippen LogP contribution in [0.2, 0.25) is 5.15 Å². The zero-order valence-electron chi connectivity index (χ0n) is 9.34. The maximum atomic E-state index is 13.0. The largest absolute Gasteiger partial charge is 0.324 e. The third kappa shape index (κ3) is 4.00. The van der Waals surface area contributed by atoms with Crippen LogP contribution in [0.3, 0.4) is 0 Å². The monoisotopic (exact) mass is 254 g/mol. The molecule has 0 saturated heterocycles. The summed E-state index contributed by atoms with van der Waals surface area (Å²) in [5.41, 5.74) is 0.526. The van der Waals surface area contributed by atoms with Gasteiger partial charge in [0, 0.05) is 6.20 Å². The van der Waals surface area contributed by atoms with Crippen LogP contribution in [-0.2, 0) is 11.2 Å². The molecular formula is C12H12ClFN2O. The summed E-state index contributed by atoms with van der Waals surface area (Å²) in [5, 5.41) is 2.61. The lowest BCUT2D eigenvalue weighted by Gasteiger charge is -2.06. The average Bonchev–Trinajstić information content (AvgIpc) is 2.31. The predicted octanol–water partition coefficient (Wildman–Crippen LogP) is 2.78. The highest BCUT2D eigenvalue weighted by atomic mass is 35.5. The van der Waals surface area contributed by atoms with E-state index in [1.54, 1.807) is 12.1 Å². The van der Waals surface area contributed by atoms with Gasteiger partial charge in [0.15, 0.2) is 0 Å². The van der Waals surface area contributed by atoms with Crippen LogP contribution in [0.25, 0.3) is 0 Å². The fourth-order valence-electron chi connectivity index (χ4n) is 1.17. The van der Waals surface area contributed by atoms with Crippen molar-refractivity contribution in [2.24, 2.45) is 0 Å². The highest BCUT2D eigenvalue weighted by Crippen LogP contribution is 2.12. The first-order valence-corrected chi connectivity index (χ1v) is 5.32. The fraction of sp³-hybridized carbons (Fsp3) is 0.167. The van der Waals surface area contributed by atoms with Gasteiger partial charge in [0.1, 0.15) is 11.0 Å². The van der Waals surface area contributed by atoms with Crippen LogP contribution in [0.15, 0.2) is 42.5 Å². The Morgan fingerprint density at radius 3 is 3.00 bits per heavy atom. The Morgan fingerprint density at radius 2 is 2.41 bits per heavy atom. The molecule has 0 radical (unpaired) electrons. The van der Waals surface area contributed by atoms with E-state index in [4.69, 9.17) is 11.6 Å². The topological polar surface area (TPSA) is 42.0 Å². The highest BCUT2D eigenvalue weighted by Gasteiger charge is 2.09. The van der Waals surface area contributed by atoms with E-state index in [-0.39, 0.29) is 23.2 Å². The number of hydrogen-bond acceptors (Lipinski definition) is 2. The molecule has 0 fully saturated rings. The fourth-order valence-corrected chi connectivity index (χ4v) is 1.36. The van der Waals surface area contributed by atoms with Crippen molar-refractivity contribution in [2.45, 2.75) is 13.3 Å². The minimum absolute atomic E-state index is 0.0304. The van der Waals surface area contributed by atoms with Crippen molar-refractivity contribution in [1.29, 1.82) is 0 Å². The van der Waals surface area contributed by atoms with E-state index in [1.165, 1.54) is 19.2 Å². The van der Waals surface area contributed by atoms with Gasteiger partial charge in [-0.25, -0.2) is 9.37 Å². The summed E-state index contributed by atoms with van der Waals surface area (Å²) in [6, 6.07) is 3.36. The first kappa shape index (κ1) is 13.4. The molecule has 0 saturated carbocycles. The van der Waals surface area contributed by atoms with E-state index in [1.807, 2.05) is 0 Å². The van der Waals surface area contributed by atoms with Crippen LogP contribution in [0.4, 0.5) is 4.39 Å². The van der Waals surface area contributed by atoms with Gasteiger partial charge in [0.25, 0.3) is 0 Å². The lowest BCUT2D eigenvalue weighted by Crippen LogP contribution is -2.24. The SMILES string of the molecule is C=C(NC(=O)Cc1cccnc1Cl)/C(F)=C\C. The summed E-state index contributed by atoms with van der Waals surface area (Å²) in [4.78, 5) is 15.4. The Kier molecular flexibility index (Phi) is 4.84. The molecule has 0 bridgehead atoms. The molecule has 3 nitrogen and oxygen atoms in total. The number of carbonyl (C=O) groups excluding carboxylic acids is 1. The number of carbonyl (C=O) groups is 1. The minimum atomic E-state index is -0.560. The maximum Gasteiger partial charge on any atom is 0.228 e. The molecule has 0 unspecified atom stereocenters. The van der Waals surface area contributed by atoms with Crippen LogP contribution in [0, 0.1) is 0 Å². The number of allylic oxidation sites excluding steroid dienone is 2. The summed E-state index contributed by atoms with van der Waals surface area (Å²) < 4.78 is 13.0. The molecule has 1 amide bonds. The van der Waals surface area contributed by atoms with Gasteiger partial charge in [-0.2, -0.15) is 0 Å². The summed E-state index contributed by atoms with van der Waals surface area (Å²) in [7, 11) is 0. The number of amides is 1. The Balaban J connectivity index is 2.63. The molecule has 1 aromatic rings. The van der Waals surface area contributed by atoms with Crippen LogP contribution in [0.1, 0.15) is 12.5 Å². The van der Waals surface area contributed by atoms with E-state index in [2.05, 4.69) is 16.9 Å². The molecule has 1 heterocycles. The summed E-state index contributed by atoms with van der Waals surface area (Å²) in [6.07, 6.45) is 2.78. The summed E-state index contributed by atoms with van der Waals surface area (Å²) in [6.45, 7) is 4.92. The van der Waals surface area contributed by atoms with Crippen LogP contribution in [0.5, 0.6) is 0 Å². The van der Waals surface area contributed by atoms with Crippen LogP contribution >= 0.6 is 11.6 Å². The van der Waals surface area contributed by atoms with Crippen molar-refractivity contribution in [1.82, 2.24) is 10.3 Å². The maximum absolute atomic E-state index is 13.0. The normalized spacial score (nSPS) is 11.1. The van der Waals surface area contributed by atoms with Gasteiger partial charge in [-0.3, -0.25) is 4.79 Å². The van der Waals surface area contributed by atoms with E-state index >= 15 is 0 Å². The van der Waals surface area contributed by atoms with Crippen LogP contribution in [-0.4, -0.2) is 10.9 Å². The first-order valence-electron chi connectivity index (χ1n) is 4.95. The molecule has 0 aliphatic rings. The molecule has 0 aromatic carbocycles. The molecular weight excluding hydrogens is 243 g/mol. The number of aromatic nitrogens is 1. The Labute approximate surface area is 104 Å². The Bertz CT molecular complexity index is 471. The minimum Gasteiger partial charge on any atom is -0.324 e. The first-order chi connectivity index (χ1) is 8.04. The average molecular weight is 255 g/mol. The van der Waals surface area contributed by atoms with Gasteiger partial charge in [-0.15, -0.1) is 0 Å². The number of halogens is 2. The Hall–Kier alpha value is -1.68. The number of rotatable bonds is 4. The van der Waals surface area contributed by atoms with Gasteiger partial charge in [-0.1, -0.05) is 24.2 Å². The van der Waals surface area contributed by atoms with Crippen molar-refractivity contribution >= 4 is 17.5 Å². The van der Waals surface area contributed by atoms with Gasteiger partial charge in [0.05, 0.1) is 12.1 Å². The van der Waals surface area contributed by atoms with Gasteiger partial charge in [-0.05, 0) is 24.6 Å². The molecule has 5 heteroatoms.